The maximum atomic E-state index is 12.7. The lowest BCUT2D eigenvalue weighted by Crippen LogP contribution is -2.28. The maximum Gasteiger partial charge on any atom is 0.492 e. The van der Waals surface area contributed by atoms with E-state index in [-0.39, 0.29) is 11.9 Å². The zero-order chi connectivity index (χ0) is 8.72. The number of rotatable bonds is 0. The summed E-state index contributed by atoms with van der Waals surface area (Å²) in [5.41, 5.74) is 1.41. The average Bonchev–Trinajstić information content (AvgIpc) is 2.28. The summed E-state index contributed by atoms with van der Waals surface area (Å²) >= 11 is 0. The molecule has 1 N–H and O–H groups in total. The minimum atomic E-state index is -0.967. The molecule has 12 heavy (non-hydrogen) atoms. The Labute approximate surface area is 70.1 Å². The van der Waals surface area contributed by atoms with Crippen LogP contribution in [0.1, 0.15) is 18.6 Å². The Bertz CT molecular complexity index is 316. The van der Waals surface area contributed by atoms with Crippen LogP contribution in [0.25, 0.3) is 0 Å². The van der Waals surface area contributed by atoms with Gasteiger partial charge in [0.1, 0.15) is 5.82 Å². The molecular weight excluding hydrogens is 158 g/mol. The van der Waals surface area contributed by atoms with Crippen LogP contribution in [0.5, 0.6) is 0 Å². The third-order valence-electron chi connectivity index (χ3n) is 2.09. The van der Waals surface area contributed by atoms with Gasteiger partial charge in [-0.15, -0.1) is 0 Å². The molecule has 1 atom stereocenters. The van der Waals surface area contributed by atoms with Crippen molar-refractivity contribution in [3.63, 3.8) is 0 Å². The van der Waals surface area contributed by atoms with Gasteiger partial charge in [0, 0.05) is 0 Å². The Balaban J connectivity index is 2.53. The predicted molar refractivity (Wildman–Crippen MR) is 43.5 cm³/mol. The van der Waals surface area contributed by atoms with Crippen LogP contribution < -0.4 is 5.46 Å². The molecule has 2 rings (SSSR count). The summed E-state index contributed by atoms with van der Waals surface area (Å²) < 4.78 is 17.8. The van der Waals surface area contributed by atoms with E-state index in [1.807, 2.05) is 6.92 Å². The molecule has 1 aromatic rings. The molecule has 62 valence electrons. The van der Waals surface area contributed by atoms with Gasteiger partial charge in [0.05, 0.1) is 6.10 Å². The van der Waals surface area contributed by atoms with E-state index in [9.17, 15) is 9.41 Å². The molecule has 0 saturated carbocycles. The molecule has 0 saturated heterocycles. The van der Waals surface area contributed by atoms with E-state index in [1.54, 1.807) is 6.07 Å². The highest BCUT2D eigenvalue weighted by molar-refractivity contribution is 6.61. The lowest BCUT2D eigenvalue weighted by Gasteiger charge is -2.02. The summed E-state index contributed by atoms with van der Waals surface area (Å²) in [6.07, 6.45) is -0.143. The number of fused-ring (bicyclic) bond motifs is 1. The van der Waals surface area contributed by atoms with E-state index in [0.717, 1.165) is 5.56 Å². The molecule has 0 spiro atoms. The average molecular weight is 166 g/mol. The summed E-state index contributed by atoms with van der Waals surface area (Å²) in [5.74, 6) is -0.342. The van der Waals surface area contributed by atoms with Crippen LogP contribution >= 0.6 is 0 Å². The van der Waals surface area contributed by atoms with Gasteiger partial charge >= 0.3 is 7.12 Å². The standard InChI is InChI=1S/C8H8BFO2/c1-5-7-3-2-6(10)4-8(7)9(11)12-5/h2-5,11H,1H3. The van der Waals surface area contributed by atoms with Crippen molar-refractivity contribution in [2.24, 2.45) is 0 Å². The van der Waals surface area contributed by atoms with Gasteiger partial charge in [-0.2, -0.15) is 0 Å². The molecule has 2 nitrogen and oxygen atoms in total. The van der Waals surface area contributed by atoms with Crippen molar-refractivity contribution in [1.82, 2.24) is 0 Å². The van der Waals surface area contributed by atoms with Gasteiger partial charge in [0.15, 0.2) is 0 Å². The Morgan fingerprint density at radius 3 is 3.08 bits per heavy atom. The van der Waals surface area contributed by atoms with E-state index < -0.39 is 7.12 Å². The lowest BCUT2D eigenvalue weighted by atomic mass is 9.79. The van der Waals surface area contributed by atoms with Crippen molar-refractivity contribution in [3.05, 3.63) is 29.6 Å². The Kier molecular flexibility index (Phi) is 1.66. The minimum absolute atomic E-state index is 0.143. The first-order valence-electron chi connectivity index (χ1n) is 3.81. The van der Waals surface area contributed by atoms with Gasteiger partial charge in [-0.05, 0) is 30.1 Å². The van der Waals surface area contributed by atoms with Gasteiger partial charge in [0.2, 0.25) is 0 Å². The molecular formula is C8H8BFO2. The number of hydrogen-bond donors (Lipinski definition) is 1. The second kappa shape index (κ2) is 2.57. The van der Waals surface area contributed by atoms with E-state index >= 15 is 0 Å². The Hall–Kier alpha value is -0.865. The molecule has 0 aromatic heterocycles. The van der Waals surface area contributed by atoms with Crippen molar-refractivity contribution in [1.29, 1.82) is 0 Å². The predicted octanol–water partition coefficient (Wildman–Crippen LogP) is 0.604. The third-order valence-corrected chi connectivity index (χ3v) is 2.09. The van der Waals surface area contributed by atoms with E-state index in [0.29, 0.717) is 5.46 Å². The Morgan fingerprint density at radius 1 is 1.58 bits per heavy atom. The zero-order valence-corrected chi connectivity index (χ0v) is 6.62. The molecule has 0 bridgehead atoms. The third kappa shape index (κ3) is 1.04. The normalized spacial score (nSPS) is 21.2. The van der Waals surface area contributed by atoms with Crippen molar-refractivity contribution in [3.8, 4) is 0 Å². The number of halogens is 1. The zero-order valence-electron chi connectivity index (χ0n) is 6.62. The smallest absolute Gasteiger partial charge is 0.423 e. The second-order valence-corrected chi connectivity index (χ2v) is 2.90. The van der Waals surface area contributed by atoms with Gasteiger partial charge in [-0.25, -0.2) is 4.39 Å². The molecule has 1 aliphatic rings. The van der Waals surface area contributed by atoms with E-state index in [2.05, 4.69) is 0 Å². The molecule has 1 aliphatic heterocycles. The van der Waals surface area contributed by atoms with Crippen LogP contribution in [0.2, 0.25) is 0 Å². The topological polar surface area (TPSA) is 29.5 Å². The van der Waals surface area contributed by atoms with Crippen LogP contribution in [0, 0.1) is 5.82 Å². The summed E-state index contributed by atoms with van der Waals surface area (Å²) in [6.45, 7) is 1.83. The van der Waals surface area contributed by atoms with Crippen molar-refractivity contribution < 1.29 is 14.1 Å². The monoisotopic (exact) mass is 166 g/mol. The minimum Gasteiger partial charge on any atom is -0.423 e. The van der Waals surface area contributed by atoms with Gasteiger partial charge in [0.25, 0.3) is 0 Å². The highest BCUT2D eigenvalue weighted by atomic mass is 19.1. The fraction of sp³-hybridized carbons (Fsp3) is 0.250. The summed E-state index contributed by atoms with van der Waals surface area (Å²) in [6, 6.07) is 4.33. The van der Waals surface area contributed by atoms with E-state index in [1.165, 1.54) is 12.1 Å². The number of hydrogen-bond acceptors (Lipinski definition) is 2. The Morgan fingerprint density at radius 2 is 2.33 bits per heavy atom. The second-order valence-electron chi connectivity index (χ2n) is 2.90. The molecule has 0 fully saturated rings. The molecule has 0 amide bonds. The van der Waals surface area contributed by atoms with Crippen LogP contribution in [0.15, 0.2) is 18.2 Å². The summed E-state index contributed by atoms with van der Waals surface area (Å²) in [7, 11) is -0.967. The largest absolute Gasteiger partial charge is 0.492 e. The van der Waals surface area contributed by atoms with Crippen LogP contribution in [0.3, 0.4) is 0 Å². The first-order valence-corrected chi connectivity index (χ1v) is 3.81. The van der Waals surface area contributed by atoms with Crippen LogP contribution in [-0.2, 0) is 4.65 Å². The van der Waals surface area contributed by atoms with Gasteiger partial charge in [-0.1, -0.05) is 6.07 Å². The SMILES string of the molecule is CC1OB(O)c2cc(F)ccc21. The molecule has 1 aromatic carbocycles. The van der Waals surface area contributed by atoms with Crippen LogP contribution in [0.4, 0.5) is 4.39 Å². The van der Waals surface area contributed by atoms with Crippen molar-refractivity contribution in [2.75, 3.05) is 0 Å². The molecule has 0 radical (unpaired) electrons. The fourth-order valence-corrected chi connectivity index (χ4v) is 1.47. The quantitative estimate of drug-likeness (QED) is 0.572. The molecule has 4 heteroatoms. The maximum absolute atomic E-state index is 12.7. The van der Waals surface area contributed by atoms with Gasteiger partial charge < -0.3 is 9.68 Å². The summed E-state index contributed by atoms with van der Waals surface area (Å²) in [5, 5.41) is 9.29. The first kappa shape index (κ1) is 7.77. The fourth-order valence-electron chi connectivity index (χ4n) is 1.47. The first-order chi connectivity index (χ1) is 5.68. The number of benzene rings is 1. The summed E-state index contributed by atoms with van der Waals surface area (Å²) in [4.78, 5) is 0. The molecule has 1 unspecified atom stereocenters. The van der Waals surface area contributed by atoms with Crippen LogP contribution in [-0.4, -0.2) is 12.1 Å². The highest BCUT2D eigenvalue weighted by Crippen LogP contribution is 2.22. The van der Waals surface area contributed by atoms with Crippen molar-refractivity contribution >= 4 is 12.6 Å². The lowest BCUT2D eigenvalue weighted by molar-refractivity contribution is 0.209. The molecule has 1 heterocycles. The van der Waals surface area contributed by atoms with E-state index in [4.69, 9.17) is 4.65 Å². The molecule has 0 aliphatic carbocycles. The highest BCUT2D eigenvalue weighted by Gasteiger charge is 2.32. The van der Waals surface area contributed by atoms with Crippen molar-refractivity contribution in [2.45, 2.75) is 13.0 Å². The van der Waals surface area contributed by atoms with Gasteiger partial charge in [-0.3, -0.25) is 0 Å².